The largest absolute Gasteiger partial charge is 0.345 e. The zero-order valence-electron chi connectivity index (χ0n) is 15.7. The van der Waals surface area contributed by atoms with Crippen LogP contribution in [0.1, 0.15) is 38.3 Å². The second kappa shape index (κ2) is 7.22. The van der Waals surface area contributed by atoms with Crippen LogP contribution in [0.4, 0.5) is 5.13 Å². The SMILES string of the molecule is CCN1CC(C)CC[C@@H]1c1ccc2sc(N3CCN(C)CC3)nc2c1. The van der Waals surface area contributed by atoms with Crippen molar-refractivity contribution in [1.82, 2.24) is 14.8 Å². The van der Waals surface area contributed by atoms with Gasteiger partial charge >= 0.3 is 0 Å². The van der Waals surface area contributed by atoms with E-state index in [4.69, 9.17) is 4.98 Å². The highest BCUT2D eigenvalue weighted by Gasteiger charge is 2.26. The number of hydrogen-bond donors (Lipinski definition) is 0. The molecule has 0 saturated carbocycles. The smallest absolute Gasteiger partial charge is 0.186 e. The molecule has 0 radical (unpaired) electrons. The Bertz CT molecular complexity index is 720. The summed E-state index contributed by atoms with van der Waals surface area (Å²) >= 11 is 1.85. The topological polar surface area (TPSA) is 22.6 Å². The van der Waals surface area contributed by atoms with E-state index in [1.54, 1.807) is 0 Å². The van der Waals surface area contributed by atoms with Crippen LogP contribution in [0.3, 0.4) is 0 Å². The molecule has 136 valence electrons. The van der Waals surface area contributed by atoms with Gasteiger partial charge in [-0.1, -0.05) is 31.3 Å². The molecule has 0 aliphatic carbocycles. The Morgan fingerprint density at radius 3 is 2.72 bits per heavy atom. The summed E-state index contributed by atoms with van der Waals surface area (Å²) in [4.78, 5) is 12.5. The van der Waals surface area contributed by atoms with Crippen LogP contribution in [-0.2, 0) is 0 Å². The molecule has 0 N–H and O–H groups in total. The van der Waals surface area contributed by atoms with Crippen molar-refractivity contribution in [2.45, 2.75) is 32.7 Å². The maximum Gasteiger partial charge on any atom is 0.186 e. The van der Waals surface area contributed by atoms with E-state index in [1.165, 1.54) is 40.3 Å². The number of hydrogen-bond acceptors (Lipinski definition) is 5. The van der Waals surface area contributed by atoms with Gasteiger partial charge in [0, 0.05) is 38.8 Å². The van der Waals surface area contributed by atoms with Gasteiger partial charge in [0.05, 0.1) is 10.2 Å². The number of benzene rings is 1. The maximum absolute atomic E-state index is 4.99. The Balaban J connectivity index is 1.58. The van der Waals surface area contributed by atoms with E-state index in [0.29, 0.717) is 6.04 Å². The van der Waals surface area contributed by atoms with Crippen molar-refractivity contribution in [3.05, 3.63) is 23.8 Å². The van der Waals surface area contributed by atoms with E-state index < -0.39 is 0 Å². The molecule has 1 unspecified atom stereocenters. The number of nitrogens with zero attached hydrogens (tertiary/aromatic N) is 4. The van der Waals surface area contributed by atoms with E-state index in [1.807, 2.05) is 11.3 Å². The lowest BCUT2D eigenvalue weighted by molar-refractivity contribution is 0.121. The number of fused-ring (bicyclic) bond motifs is 1. The predicted octanol–water partition coefficient (Wildman–Crippen LogP) is 3.84. The van der Waals surface area contributed by atoms with Crippen molar-refractivity contribution in [1.29, 1.82) is 0 Å². The van der Waals surface area contributed by atoms with Crippen molar-refractivity contribution in [3.63, 3.8) is 0 Å². The first-order chi connectivity index (χ1) is 12.1. The first kappa shape index (κ1) is 17.3. The standard InChI is InChI=1S/C20H30N4S/c1-4-23-14-15(2)5-7-18(23)16-6-8-19-17(13-16)21-20(25-19)24-11-9-22(3)10-12-24/h6,8,13,15,18H,4-5,7,9-12,14H2,1-3H3/t15?,18-/m1/s1. The van der Waals surface area contributed by atoms with Gasteiger partial charge in [0.15, 0.2) is 5.13 Å². The zero-order chi connectivity index (χ0) is 17.4. The van der Waals surface area contributed by atoms with Crippen LogP contribution in [0.25, 0.3) is 10.2 Å². The minimum atomic E-state index is 0.569. The fourth-order valence-corrected chi connectivity index (χ4v) is 5.24. The van der Waals surface area contributed by atoms with E-state index in [2.05, 4.69) is 53.8 Å². The van der Waals surface area contributed by atoms with Crippen molar-refractivity contribution < 1.29 is 0 Å². The molecular formula is C20H30N4S. The zero-order valence-corrected chi connectivity index (χ0v) is 16.6. The molecule has 0 spiro atoms. The summed E-state index contributed by atoms with van der Waals surface area (Å²) in [6.07, 6.45) is 2.61. The molecule has 5 heteroatoms. The second-order valence-electron chi connectivity index (χ2n) is 7.80. The number of aromatic nitrogens is 1. The van der Waals surface area contributed by atoms with Crippen LogP contribution in [-0.4, -0.2) is 61.1 Å². The highest BCUT2D eigenvalue weighted by molar-refractivity contribution is 7.22. The van der Waals surface area contributed by atoms with E-state index in [0.717, 1.165) is 38.6 Å². The van der Waals surface area contributed by atoms with Crippen molar-refractivity contribution in [3.8, 4) is 0 Å². The molecule has 0 amide bonds. The molecule has 1 aromatic heterocycles. The average molecular weight is 359 g/mol. The summed E-state index contributed by atoms with van der Waals surface area (Å²) in [6.45, 7) is 11.5. The third kappa shape index (κ3) is 3.55. The first-order valence-electron chi connectivity index (χ1n) is 9.72. The number of anilines is 1. The summed E-state index contributed by atoms with van der Waals surface area (Å²) < 4.78 is 1.32. The molecule has 2 fully saturated rings. The summed E-state index contributed by atoms with van der Waals surface area (Å²) in [5.41, 5.74) is 2.64. The Morgan fingerprint density at radius 1 is 1.16 bits per heavy atom. The molecule has 1 aromatic carbocycles. The molecule has 2 saturated heterocycles. The first-order valence-corrected chi connectivity index (χ1v) is 10.5. The lowest BCUT2D eigenvalue weighted by atomic mass is 9.90. The number of piperazine rings is 1. The van der Waals surface area contributed by atoms with Crippen LogP contribution in [0.15, 0.2) is 18.2 Å². The van der Waals surface area contributed by atoms with Gasteiger partial charge in [0.2, 0.25) is 0 Å². The molecular weight excluding hydrogens is 328 g/mol. The number of thiazole rings is 1. The highest BCUT2D eigenvalue weighted by Crippen LogP contribution is 2.36. The minimum absolute atomic E-state index is 0.569. The molecule has 2 aliphatic rings. The molecule has 4 rings (SSSR count). The van der Waals surface area contributed by atoms with Gasteiger partial charge in [-0.15, -0.1) is 0 Å². The van der Waals surface area contributed by atoms with Crippen LogP contribution in [0.5, 0.6) is 0 Å². The van der Waals surface area contributed by atoms with E-state index >= 15 is 0 Å². The summed E-state index contributed by atoms with van der Waals surface area (Å²) in [6, 6.07) is 7.57. The van der Waals surface area contributed by atoms with Crippen molar-refractivity contribution >= 4 is 26.7 Å². The number of likely N-dealkylation sites (tertiary alicyclic amines) is 1. The van der Waals surface area contributed by atoms with Gasteiger partial charge in [0.25, 0.3) is 0 Å². The predicted molar refractivity (Wildman–Crippen MR) is 108 cm³/mol. The van der Waals surface area contributed by atoms with Crippen LogP contribution < -0.4 is 4.90 Å². The van der Waals surface area contributed by atoms with E-state index in [9.17, 15) is 0 Å². The number of rotatable bonds is 3. The normalized spacial score (nSPS) is 26.4. The molecule has 2 aliphatic heterocycles. The van der Waals surface area contributed by atoms with Crippen molar-refractivity contribution in [2.75, 3.05) is 51.2 Å². The quantitative estimate of drug-likeness (QED) is 0.831. The van der Waals surface area contributed by atoms with Crippen LogP contribution in [0, 0.1) is 5.92 Å². The van der Waals surface area contributed by atoms with Gasteiger partial charge < -0.3 is 9.80 Å². The van der Waals surface area contributed by atoms with Gasteiger partial charge in [-0.2, -0.15) is 0 Å². The summed E-state index contributed by atoms with van der Waals surface area (Å²) in [7, 11) is 2.20. The van der Waals surface area contributed by atoms with Crippen molar-refractivity contribution in [2.24, 2.45) is 5.92 Å². The van der Waals surface area contributed by atoms with Crippen LogP contribution in [0.2, 0.25) is 0 Å². The van der Waals surface area contributed by atoms with Gasteiger partial charge in [-0.05, 0) is 50.0 Å². The monoisotopic (exact) mass is 358 g/mol. The van der Waals surface area contributed by atoms with Gasteiger partial charge in [-0.3, -0.25) is 4.90 Å². The molecule has 0 bridgehead atoms. The van der Waals surface area contributed by atoms with E-state index in [-0.39, 0.29) is 0 Å². The maximum atomic E-state index is 4.99. The third-order valence-electron chi connectivity index (χ3n) is 5.88. The lowest BCUT2D eigenvalue weighted by Gasteiger charge is -2.38. The fraction of sp³-hybridized carbons (Fsp3) is 0.650. The highest BCUT2D eigenvalue weighted by atomic mass is 32.1. The number of likely N-dealkylation sites (N-methyl/N-ethyl adjacent to an activating group) is 1. The van der Waals surface area contributed by atoms with Gasteiger partial charge in [0.1, 0.15) is 0 Å². The Kier molecular flexibility index (Phi) is 4.98. The average Bonchev–Trinajstić information content (AvgIpc) is 3.05. The molecule has 25 heavy (non-hydrogen) atoms. The number of piperidine rings is 1. The fourth-order valence-electron chi connectivity index (χ4n) is 4.24. The Hall–Kier alpha value is -1.17. The molecule has 4 nitrogen and oxygen atoms in total. The third-order valence-corrected chi connectivity index (χ3v) is 6.98. The second-order valence-corrected chi connectivity index (χ2v) is 8.81. The molecule has 2 aromatic rings. The summed E-state index contributed by atoms with van der Waals surface area (Å²) in [5, 5.41) is 1.20. The Labute approximate surface area is 155 Å². The lowest BCUT2D eigenvalue weighted by Crippen LogP contribution is -2.44. The van der Waals surface area contributed by atoms with Crippen LogP contribution >= 0.6 is 11.3 Å². The summed E-state index contributed by atoms with van der Waals surface area (Å²) in [5.74, 6) is 0.822. The molecule has 3 heterocycles. The minimum Gasteiger partial charge on any atom is -0.345 e. The van der Waals surface area contributed by atoms with Gasteiger partial charge in [-0.25, -0.2) is 4.98 Å². The Morgan fingerprint density at radius 2 is 1.96 bits per heavy atom. The molecule has 2 atom stereocenters.